The molecule has 0 unspecified atom stereocenters. The molecule has 0 fully saturated rings. The summed E-state index contributed by atoms with van der Waals surface area (Å²) in [5, 5.41) is 9.15. The predicted octanol–water partition coefficient (Wildman–Crippen LogP) is 3.37. The van der Waals surface area contributed by atoms with Crippen LogP contribution in [0.3, 0.4) is 0 Å². The van der Waals surface area contributed by atoms with Gasteiger partial charge in [0.05, 0.1) is 24.3 Å². The second-order valence-corrected chi connectivity index (χ2v) is 5.06. The van der Waals surface area contributed by atoms with Crippen LogP contribution in [0.25, 0.3) is 0 Å². The van der Waals surface area contributed by atoms with Crippen LogP contribution in [-0.4, -0.2) is 18.3 Å². The van der Waals surface area contributed by atoms with Crippen molar-refractivity contribution < 1.29 is 14.6 Å². The molecule has 0 aromatic heterocycles. The number of hydrogen-bond acceptors (Lipinski definition) is 3. The Morgan fingerprint density at radius 2 is 2.00 bits per heavy atom. The highest BCUT2D eigenvalue weighted by molar-refractivity contribution is 9.10. The van der Waals surface area contributed by atoms with E-state index in [1.807, 2.05) is 19.1 Å². The molecule has 1 aromatic carbocycles. The van der Waals surface area contributed by atoms with Crippen molar-refractivity contribution in [1.29, 1.82) is 0 Å². The first-order valence-electron chi connectivity index (χ1n) is 5.77. The van der Waals surface area contributed by atoms with Crippen molar-refractivity contribution in [2.45, 2.75) is 27.4 Å². The van der Waals surface area contributed by atoms with E-state index in [4.69, 9.17) is 14.6 Å². The second kappa shape index (κ2) is 6.87. The van der Waals surface area contributed by atoms with Gasteiger partial charge in [-0.1, -0.05) is 13.8 Å². The molecule has 17 heavy (non-hydrogen) atoms. The molecule has 0 heterocycles. The minimum atomic E-state index is -0.0108. The van der Waals surface area contributed by atoms with Gasteiger partial charge in [-0.2, -0.15) is 0 Å². The van der Waals surface area contributed by atoms with Crippen molar-refractivity contribution in [2.75, 3.05) is 13.2 Å². The molecule has 0 amide bonds. The van der Waals surface area contributed by atoms with E-state index in [0.29, 0.717) is 30.6 Å². The number of aliphatic hydroxyl groups is 1. The summed E-state index contributed by atoms with van der Waals surface area (Å²) in [4.78, 5) is 0. The van der Waals surface area contributed by atoms with E-state index in [-0.39, 0.29) is 6.61 Å². The molecular formula is C13H19BrO3. The van der Waals surface area contributed by atoms with Crippen LogP contribution in [0.5, 0.6) is 11.5 Å². The zero-order chi connectivity index (χ0) is 12.8. The largest absolute Gasteiger partial charge is 0.490 e. The highest BCUT2D eigenvalue weighted by Gasteiger charge is 2.12. The summed E-state index contributed by atoms with van der Waals surface area (Å²) in [5.41, 5.74) is 0.803. The number of halogens is 1. The minimum Gasteiger partial charge on any atom is -0.490 e. The SMILES string of the molecule is CCOc1cc(CO)cc(Br)c1OCC(C)C. The van der Waals surface area contributed by atoms with Gasteiger partial charge in [-0.25, -0.2) is 0 Å². The lowest BCUT2D eigenvalue weighted by molar-refractivity contribution is 0.244. The Kier molecular flexibility index (Phi) is 5.78. The number of benzene rings is 1. The maximum absolute atomic E-state index is 9.15. The molecule has 96 valence electrons. The molecule has 0 atom stereocenters. The predicted molar refractivity (Wildman–Crippen MR) is 71.6 cm³/mol. The molecule has 0 saturated carbocycles. The standard InChI is InChI=1S/C13H19BrO3/c1-4-16-12-6-10(7-15)5-11(14)13(12)17-8-9(2)3/h5-6,9,15H,4,7-8H2,1-3H3. The third-order valence-corrected chi connectivity index (χ3v) is 2.70. The van der Waals surface area contributed by atoms with Crippen molar-refractivity contribution in [3.63, 3.8) is 0 Å². The summed E-state index contributed by atoms with van der Waals surface area (Å²) < 4.78 is 12.1. The Labute approximate surface area is 111 Å². The molecule has 0 bridgehead atoms. The topological polar surface area (TPSA) is 38.7 Å². The number of aliphatic hydroxyl groups excluding tert-OH is 1. The maximum Gasteiger partial charge on any atom is 0.175 e. The monoisotopic (exact) mass is 302 g/mol. The fourth-order valence-electron chi connectivity index (χ4n) is 1.37. The van der Waals surface area contributed by atoms with Crippen molar-refractivity contribution in [3.05, 3.63) is 22.2 Å². The Balaban J connectivity index is 2.98. The fraction of sp³-hybridized carbons (Fsp3) is 0.538. The lowest BCUT2D eigenvalue weighted by atomic mass is 10.2. The molecule has 0 saturated heterocycles. The van der Waals surface area contributed by atoms with Gasteiger partial charge in [0.2, 0.25) is 0 Å². The molecule has 0 radical (unpaired) electrons. The summed E-state index contributed by atoms with van der Waals surface area (Å²) in [7, 11) is 0. The number of hydrogen-bond donors (Lipinski definition) is 1. The van der Waals surface area contributed by atoms with E-state index < -0.39 is 0 Å². The Morgan fingerprint density at radius 3 is 2.53 bits per heavy atom. The van der Waals surface area contributed by atoms with Gasteiger partial charge in [0, 0.05) is 0 Å². The normalized spacial score (nSPS) is 10.7. The lowest BCUT2D eigenvalue weighted by Crippen LogP contribution is -2.07. The maximum atomic E-state index is 9.15. The van der Waals surface area contributed by atoms with Crippen LogP contribution in [0.4, 0.5) is 0 Å². The first-order chi connectivity index (χ1) is 8.08. The Bertz CT molecular complexity index is 364. The summed E-state index contributed by atoms with van der Waals surface area (Å²) in [6, 6.07) is 3.65. The van der Waals surface area contributed by atoms with Gasteiger partial charge in [-0.3, -0.25) is 0 Å². The first kappa shape index (κ1) is 14.3. The van der Waals surface area contributed by atoms with Gasteiger partial charge in [-0.15, -0.1) is 0 Å². The van der Waals surface area contributed by atoms with Gasteiger partial charge in [0.1, 0.15) is 0 Å². The van der Waals surface area contributed by atoms with Crippen LogP contribution in [0.2, 0.25) is 0 Å². The molecular weight excluding hydrogens is 284 g/mol. The third kappa shape index (κ3) is 4.21. The summed E-state index contributed by atoms with van der Waals surface area (Å²) in [5.74, 6) is 1.83. The number of rotatable bonds is 6. The van der Waals surface area contributed by atoms with Gasteiger partial charge in [-0.05, 0) is 46.5 Å². The molecule has 0 aliphatic carbocycles. The molecule has 3 nitrogen and oxygen atoms in total. The van der Waals surface area contributed by atoms with Crippen LogP contribution in [-0.2, 0) is 6.61 Å². The van der Waals surface area contributed by atoms with E-state index >= 15 is 0 Å². The quantitative estimate of drug-likeness (QED) is 0.875. The molecule has 0 aliphatic rings. The van der Waals surface area contributed by atoms with Gasteiger partial charge >= 0.3 is 0 Å². The average molecular weight is 303 g/mol. The highest BCUT2D eigenvalue weighted by atomic mass is 79.9. The van der Waals surface area contributed by atoms with E-state index in [2.05, 4.69) is 29.8 Å². The van der Waals surface area contributed by atoms with Gasteiger partial charge in [0.25, 0.3) is 0 Å². The van der Waals surface area contributed by atoms with Crippen molar-refractivity contribution in [3.8, 4) is 11.5 Å². The molecule has 0 spiro atoms. The lowest BCUT2D eigenvalue weighted by Gasteiger charge is -2.16. The van der Waals surface area contributed by atoms with Crippen LogP contribution in [0.1, 0.15) is 26.3 Å². The second-order valence-electron chi connectivity index (χ2n) is 4.20. The van der Waals surface area contributed by atoms with E-state index in [1.54, 1.807) is 0 Å². The van der Waals surface area contributed by atoms with E-state index in [1.165, 1.54) is 0 Å². The summed E-state index contributed by atoms with van der Waals surface area (Å²) >= 11 is 3.44. The zero-order valence-electron chi connectivity index (χ0n) is 10.5. The smallest absolute Gasteiger partial charge is 0.175 e. The van der Waals surface area contributed by atoms with Crippen LogP contribution >= 0.6 is 15.9 Å². The molecule has 0 aliphatic heterocycles. The van der Waals surface area contributed by atoms with E-state index in [0.717, 1.165) is 10.0 Å². The van der Waals surface area contributed by atoms with Gasteiger partial charge in [0.15, 0.2) is 11.5 Å². The molecule has 4 heteroatoms. The third-order valence-electron chi connectivity index (χ3n) is 2.11. The van der Waals surface area contributed by atoms with Crippen molar-refractivity contribution >= 4 is 15.9 Å². The zero-order valence-corrected chi connectivity index (χ0v) is 12.1. The summed E-state index contributed by atoms with van der Waals surface area (Å²) in [6.45, 7) is 7.30. The van der Waals surface area contributed by atoms with E-state index in [9.17, 15) is 0 Å². The first-order valence-corrected chi connectivity index (χ1v) is 6.56. The fourth-order valence-corrected chi connectivity index (χ4v) is 1.97. The Hall–Kier alpha value is -0.740. The van der Waals surface area contributed by atoms with Crippen LogP contribution < -0.4 is 9.47 Å². The van der Waals surface area contributed by atoms with Crippen LogP contribution in [0.15, 0.2) is 16.6 Å². The highest BCUT2D eigenvalue weighted by Crippen LogP contribution is 2.37. The summed E-state index contributed by atoms with van der Waals surface area (Å²) in [6.07, 6.45) is 0. The Morgan fingerprint density at radius 1 is 1.29 bits per heavy atom. The van der Waals surface area contributed by atoms with Crippen LogP contribution in [0, 0.1) is 5.92 Å². The molecule has 1 rings (SSSR count). The van der Waals surface area contributed by atoms with Crippen molar-refractivity contribution in [1.82, 2.24) is 0 Å². The van der Waals surface area contributed by atoms with Crippen molar-refractivity contribution in [2.24, 2.45) is 5.92 Å². The minimum absolute atomic E-state index is 0.0108. The molecule has 1 aromatic rings. The molecule has 1 N–H and O–H groups in total. The number of ether oxygens (including phenoxy) is 2. The van der Waals surface area contributed by atoms with Gasteiger partial charge < -0.3 is 14.6 Å². The average Bonchev–Trinajstić information content (AvgIpc) is 2.27.